The highest BCUT2D eigenvalue weighted by molar-refractivity contribution is 7.98. The Morgan fingerprint density at radius 2 is 2.10 bits per heavy atom. The summed E-state index contributed by atoms with van der Waals surface area (Å²) in [6.45, 7) is 2.03. The first-order chi connectivity index (χ1) is 10.0. The molecule has 0 spiro atoms. The summed E-state index contributed by atoms with van der Waals surface area (Å²) in [7, 11) is 0. The van der Waals surface area contributed by atoms with Crippen molar-refractivity contribution in [3.8, 4) is 0 Å². The smallest absolute Gasteiger partial charge is 0.328 e. The molecule has 0 amide bonds. The van der Waals surface area contributed by atoms with Crippen LogP contribution in [0.3, 0.4) is 0 Å². The van der Waals surface area contributed by atoms with Crippen LogP contribution in [0, 0.1) is 12.7 Å². The van der Waals surface area contributed by atoms with Gasteiger partial charge >= 0.3 is 5.97 Å². The Balaban J connectivity index is 2.17. The average Bonchev–Trinajstić information content (AvgIpc) is 2.44. The predicted molar refractivity (Wildman–Crippen MR) is 83.8 cm³/mol. The zero-order chi connectivity index (χ0) is 15.2. The Morgan fingerprint density at radius 3 is 2.81 bits per heavy atom. The molecule has 0 fully saturated rings. The molecule has 0 heterocycles. The SMILES string of the molecule is Cc1cccc(SCc2ccc(F)cc2C=CC(=O)O)c1. The number of carboxylic acid groups (broad SMARTS) is 1. The maximum Gasteiger partial charge on any atom is 0.328 e. The molecule has 1 N–H and O–H groups in total. The lowest BCUT2D eigenvalue weighted by atomic mass is 10.1. The summed E-state index contributed by atoms with van der Waals surface area (Å²) in [5.41, 5.74) is 2.68. The first-order valence-electron chi connectivity index (χ1n) is 6.43. The Hall–Kier alpha value is -2.07. The highest BCUT2D eigenvalue weighted by Crippen LogP contribution is 2.26. The predicted octanol–water partition coefficient (Wildman–Crippen LogP) is 4.52. The quantitative estimate of drug-likeness (QED) is 0.651. The minimum Gasteiger partial charge on any atom is -0.478 e. The van der Waals surface area contributed by atoms with Gasteiger partial charge in [0.2, 0.25) is 0 Å². The number of rotatable bonds is 5. The number of aryl methyl sites for hydroxylation is 1. The Kier molecular flexibility index (Phi) is 5.17. The second-order valence-corrected chi connectivity index (χ2v) is 5.67. The molecule has 108 valence electrons. The molecule has 0 aliphatic heterocycles. The molecule has 4 heteroatoms. The summed E-state index contributed by atoms with van der Waals surface area (Å²) in [4.78, 5) is 11.7. The van der Waals surface area contributed by atoms with Gasteiger partial charge in [0.1, 0.15) is 5.82 Å². The van der Waals surface area contributed by atoms with Gasteiger partial charge in [0.05, 0.1) is 0 Å². The van der Waals surface area contributed by atoms with E-state index in [4.69, 9.17) is 5.11 Å². The van der Waals surface area contributed by atoms with Crippen molar-refractivity contribution in [2.24, 2.45) is 0 Å². The van der Waals surface area contributed by atoms with E-state index in [0.29, 0.717) is 11.3 Å². The van der Waals surface area contributed by atoms with Gasteiger partial charge in [-0.15, -0.1) is 11.8 Å². The van der Waals surface area contributed by atoms with Crippen LogP contribution in [0.25, 0.3) is 6.08 Å². The molecule has 2 aromatic rings. The van der Waals surface area contributed by atoms with Crippen LogP contribution in [-0.4, -0.2) is 11.1 Å². The Bertz CT molecular complexity index is 680. The summed E-state index contributed by atoms with van der Waals surface area (Å²) in [5, 5.41) is 8.69. The van der Waals surface area contributed by atoms with Gasteiger partial charge in [-0.25, -0.2) is 9.18 Å². The van der Waals surface area contributed by atoms with Gasteiger partial charge in [0, 0.05) is 16.7 Å². The van der Waals surface area contributed by atoms with E-state index in [1.807, 2.05) is 25.1 Å². The zero-order valence-corrected chi connectivity index (χ0v) is 12.4. The van der Waals surface area contributed by atoms with Gasteiger partial charge in [-0.05, 0) is 48.4 Å². The summed E-state index contributed by atoms with van der Waals surface area (Å²) in [6, 6.07) is 12.6. The summed E-state index contributed by atoms with van der Waals surface area (Å²) in [6.07, 6.45) is 2.45. The van der Waals surface area contributed by atoms with Crippen molar-refractivity contribution in [1.82, 2.24) is 0 Å². The highest BCUT2D eigenvalue weighted by atomic mass is 32.2. The van der Waals surface area contributed by atoms with Crippen molar-refractivity contribution in [2.75, 3.05) is 0 Å². The number of hydrogen-bond acceptors (Lipinski definition) is 2. The van der Waals surface area contributed by atoms with Crippen LogP contribution in [0.5, 0.6) is 0 Å². The van der Waals surface area contributed by atoms with Gasteiger partial charge in [0.25, 0.3) is 0 Å². The van der Waals surface area contributed by atoms with Crippen LogP contribution < -0.4 is 0 Å². The lowest BCUT2D eigenvalue weighted by Gasteiger charge is -2.07. The van der Waals surface area contributed by atoms with Crippen LogP contribution in [-0.2, 0) is 10.5 Å². The molecule has 2 rings (SSSR count). The lowest BCUT2D eigenvalue weighted by molar-refractivity contribution is -0.131. The zero-order valence-electron chi connectivity index (χ0n) is 11.5. The topological polar surface area (TPSA) is 37.3 Å². The molecule has 0 aliphatic rings. The number of benzene rings is 2. The molecule has 0 atom stereocenters. The molecule has 0 saturated heterocycles. The average molecular weight is 302 g/mol. The fraction of sp³-hybridized carbons (Fsp3) is 0.118. The Morgan fingerprint density at radius 1 is 1.29 bits per heavy atom. The number of halogens is 1. The third kappa shape index (κ3) is 4.76. The molecule has 0 aliphatic carbocycles. The number of aliphatic carboxylic acids is 1. The largest absolute Gasteiger partial charge is 0.478 e. The van der Waals surface area contributed by atoms with Crippen LogP contribution in [0.2, 0.25) is 0 Å². The monoisotopic (exact) mass is 302 g/mol. The number of thioether (sulfide) groups is 1. The van der Waals surface area contributed by atoms with Crippen molar-refractivity contribution in [3.63, 3.8) is 0 Å². The van der Waals surface area contributed by atoms with Gasteiger partial charge in [-0.2, -0.15) is 0 Å². The molecule has 0 unspecified atom stereocenters. The third-order valence-corrected chi connectivity index (χ3v) is 3.94. The van der Waals surface area contributed by atoms with Gasteiger partial charge in [-0.1, -0.05) is 23.8 Å². The molecular formula is C17H15FO2S. The number of carboxylic acids is 1. The maximum atomic E-state index is 13.3. The first-order valence-corrected chi connectivity index (χ1v) is 7.42. The molecule has 0 radical (unpaired) electrons. The second-order valence-electron chi connectivity index (χ2n) is 4.62. The van der Waals surface area contributed by atoms with Crippen molar-refractivity contribution in [2.45, 2.75) is 17.6 Å². The van der Waals surface area contributed by atoms with Crippen molar-refractivity contribution in [3.05, 3.63) is 71.0 Å². The van der Waals surface area contributed by atoms with Crippen LogP contribution in [0.15, 0.2) is 53.4 Å². The summed E-state index contributed by atoms with van der Waals surface area (Å²) >= 11 is 1.64. The van der Waals surface area contributed by atoms with E-state index in [2.05, 4.69) is 6.07 Å². The maximum absolute atomic E-state index is 13.3. The summed E-state index contributed by atoms with van der Waals surface area (Å²) < 4.78 is 13.3. The van der Waals surface area contributed by atoms with Crippen molar-refractivity contribution in [1.29, 1.82) is 0 Å². The van der Waals surface area contributed by atoms with E-state index in [-0.39, 0.29) is 5.82 Å². The van der Waals surface area contributed by atoms with E-state index in [1.165, 1.54) is 23.8 Å². The minimum absolute atomic E-state index is 0.371. The van der Waals surface area contributed by atoms with E-state index in [0.717, 1.165) is 16.5 Å². The van der Waals surface area contributed by atoms with E-state index >= 15 is 0 Å². The van der Waals surface area contributed by atoms with Crippen LogP contribution >= 0.6 is 11.8 Å². The molecule has 0 bridgehead atoms. The highest BCUT2D eigenvalue weighted by Gasteiger charge is 2.04. The normalized spacial score (nSPS) is 11.0. The lowest BCUT2D eigenvalue weighted by Crippen LogP contribution is -1.91. The third-order valence-electron chi connectivity index (χ3n) is 2.90. The van der Waals surface area contributed by atoms with E-state index < -0.39 is 5.97 Å². The molecule has 0 saturated carbocycles. The molecular weight excluding hydrogens is 287 g/mol. The van der Waals surface area contributed by atoms with Gasteiger partial charge < -0.3 is 5.11 Å². The van der Waals surface area contributed by atoms with Crippen molar-refractivity contribution < 1.29 is 14.3 Å². The van der Waals surface area contributed by atoms with E-state index in [9.17, 15) is 9.18 Å². The van der Waals surface area contributed by atoms with Crippen LogP contribution in [0.1, 0.15) is 16.7 Å². The number of carbonyl (C=O) groups is 1. The van der Waals surface area contributed by atoms with Crippen LogP contribution in [0.4, 0.5) is 4.39 Å². The first kappa shape index (κ1) is 15.3. The fourth-order valence-corrected chi connectivity index (χ4v) is 2.91. The molecule has 2 aromatic carbocycles. The second kappa shape index (κ2) is 7.09. The van der Waals surface area contributed by atoms with Gasteiger partial charge in [-0.3, -0.25) is 0 Å². The van der Waals surface area contributed by atoms with E-state index in [1.54, 1.807) is 17.8 Å². The standard InChI is InChI=1S/C17H15FO2S/c1-12-3-2-4-16(9-12)21-11-14-5-7-15(18)10-13(14)6-8-17(19)20/h2-10H,11H2,1H3,(H,19,20). The molecule has 0 aromatic heterocycles. The van der Waals surface area contributed by atoms with Gasteiger partial charge in [0.15, 0.2) is 0 Å². The fourth-order valence-electron chi connectivity index (χ4n) is 1.88. The van der Waals surface area contributed by atoms with Crippen molar-refractivity contribution >= 4 is 23.8 Å². The minimum atomic E-state index is -1.04. The summed E-state index contributed by atoms with van der Waals surface area (Å²) in [5.74, 6) is -0.760. The molecule has 21 heavy (non-hydrogen) atoms. The molecule has 2 nitrogen and oxygen atoms in total. The Labute approximate surface area is 127 Å². The number of hydrogen-bond donors (Lipinski definition) is 1.